The van der Waals surface area contributed by atoms with Crippen molar-refractivity contribution in [1.82, 2.24) is 0 Å². The quantitative estimate of drug-likeness (QED) is 0.518. The minimum atomic E-state index is -0.305. The lowest BCUT2D eigenvalue weighted by Crippen LogP contribution is -1.94. The van der Waals surface area contributed by atoms with E-state index < -0.39 is 0 Å². The van der Waals surface area contributed by atoms with E-state index in [2.05, 4.69) is 5.16 Å². The van der Waals surface area contributed by atoms with Crippen molar-refractivity contribution < 1.29 is 14.3 Å². The van der Waals surface area contributed by atoms with E-state index in [-0.39, 0.29) is 11.0 Å². The number of benzene rings is 2. The lowest BCUT2D eigenvalue weighted by Gasteiger charge is -2.06. The van der Waals surface area contributed by atoms with E-state index in [0.717, 1.165) is 5.56 Å². The Morgan fingerprint density at radius 1 is 1.05 bits per heavy atom. The first kappa shape index (κ1) is 13.4. The molecular formula is C14H11ClFNO2. The molecule has 5 heteroatoms. The molecule has 0 fully saturated rings. The van der Waals surface area contributed by atoms with E-state index in [1.54, 1.807) is 24.3 Å². The minimum absolute atomic E-state index is 0.118. The van der Waals surface area contributed by atoms with Gasteiger partial charge in [0.25, 0.3) is 0 Å². The Bertz CT molecular complexity index is 567. The van der Waals surface area contributed by atoms with E-state index in [4.69, 9.17) is 21.5 Å². The predicted octanol–water partition coefficient (Wildman–Crippen LogP) is 4.19. The van der Waals surface area contributed by atoms with Gasteiger partial charge in [-0.2, -0.15) is 0 Å². The third-order valence-electron chi connectivity index (χ3n) is 2.43. The number of nitrogens with zero attached hydrogens (tertiary/aromatic N) is 1. The van der Waals surface area contributed by atoms with Crippen molar-refractivity contribution in [2.24, 2.45) is 5.16 Å². The molecule has 0 aliphatic carbocycles. The maximum absolute atomic E-state index is 12.7. The fourth-order valence-corrected chi connectivity index (χ4v) is 1.67. The largest absolute Gasteiger partial charge is 0.457 e. The monoisotopic (exact) mass is 279 g/mol. The van der Waals surface area contributed by atoms with Crippen molar-refractivity contribution in [2.75, 3.05) is 0 Å². The van der Waals surface area contributed by atoms with Gasteiger partial charge in [0.2, 0.25) is 0 Å². The number of rotatable bonds is 4. The molecule has 0 atom stereocenters. The summed E-state index contributed by atoms with van der Waals surface area (Å²) in [5, 5.41) is 11.5. The molecule has 2 aromatic carbocycles. The van der Waals surface area contributed by atoms with Crippen molar-refractivity contribution in [3.8, 4) is 11.5 Å². The van der Waals surface area contributed by atoms with E-state index in [1.807, 2.05) is 12.1 Å². The van der Waals surface area contributed by atoms with Crippen LogP contribution >= 0.6 is 11.6 Å². The molecule has 19 heavy (non-hydrogen) atoms. The summed E-state index contributed by atoms with van der Waals surface area (Å²) in [6, 6.07) is 12.9. The molecule has 3 nitrogen and oxygen atoms in total. The molecule has 0 spiro atoms. The van der Waals surface area contributed by atoms with E-state index in [1.165, 1.54) is 12.1 Å². The van der Waals surface area contributed by atoms with Gasteiger partial charge in [-0.15, -0.1) is 0 Å². The number of hydrogen-bond acceptors (Lipinski definition) is 3. The Morgan fingerprint density at radius 2 is 1.58 bits per heavy atom. The van der Waals surface area contributed by atoms with Gasteiger partial charge in [0.05, 0.1) is 0 Å². The van der Waals surface area contributed by atoms with Crippen molar-refractivity contribution in [3.05, 3.63) is 59.9 Å². The zero-order chi connectivity index (χ0) is 13.7. The topological polar surface area (TPSA) is 41.8 Å². The summed E-state index contributed by atoms with van der Waals surface area (Å²) >= 11 is 5.62. The Balaban J connectivity index is 2.04. The lowest BCUT2D eigenvalue weighted by atomic mass is 10.1. The van der Waals surface area contributed by atoms with Gasteiger partial charge < -0.3 is 9.94 Å². The maximum atomic E-state index is 12.7. The lowest BCUT2D eigenvalue weighted by molar-refractivity contribution is 0.319. The standard InChI is InChI=1S/C14H11ClFNO2/c15-14(17-18)9-10-1-5-12(6-2-10)19-13-7-3-11(16)4-8-13/h1-8,18H,9H2/b17-14-. The highest BCUT2D eigenvalue weighted by atomic mass is 35.5. The van der Waals surface area contributed by atoms with Gasteiger partial charge in [0.1, 0.15) is 22.5 Å². The summed E-state index contributed by atoms with van der Waals surface area (Å²) in [5.74, 6) is 0.886. The number of halogens is 2. The second kappa shape index (κ2) is 6.20. The number of oxime groups is 1. The molecule has 0 aliphatic rings. The molecule has 0 saturated carbocycles. The third-order valence-corrected chi connectivity index (χ3v) is 2.64. The van der Waals surface area contributed by atoms with Crippen LogP contribution in [0.5, 0.6) is 11.5 Å². The first-order chi connectivity index (χ1) is 9.17. The smallest absolute Gasteiger partial charge is 0.149 e. The van der Waals surface area contributed by atoms with Gasteiger partial charge >= 0.3 is 0 Å². The molecule has 0 amide bonds. The SMILES string of the molecule is O/N=C(\Cl)Cc1ccc(Oc2ccc(F)cc2)cc1. The minimum Gasteiger partial charge on any atom is -0.457 e. The van der Waals surface area contributed by atoms with Crippen molar-refractivity contribution in [1.29, 1.82) is 0 Å². The predicted molar refractivity (Wildman–Crippen MR) is 71.7 cm³/mol. The normalized spacial score (nSPS) is 11.4. The third kappa shape index (κ3) is 3.96. The first-order valence-corrected chi connectivity index (χ1v) is 5.94. The van der Waals surface area contributed by atoms with E-state index >= 15 is 0 Å². The van der Waals surface area contributed by atoms with Crippen LogP contribution in [0.15, 0.2) is 53.7 Å². The molecule has 0 radical (unpaired) electrons. The van der Waals surface area contributed by atoms with Gasteiger partial charge in [-0.05, 0) is 42.0 Å². The summed E-state index contributed by atoms with van der Waals surface area (Å²) in [6.07, 6.45) is 0.356. The van der Waals surface area contributed by atoms with Gasteiger partial charge in [0, 0.05) is 6.42 Å². The van der Waals surface area contributed by atoms with Crippen molar-refractivity contribution >= 4 is 16.8 Å². The maximum Gasteiger partial charge on any atom is 0.149 e. The van der Waals surface area contributed by atoms with Crippen LogP contribution in [-0.4, -0.2) is 10.4 Å². The van der Waals surface area contributed by atoms with E-state index in [0.29, 0.717) is 17.9 Å². The Hall–Kier alpha value is -2.07. The summed E-state index contributed by atoms with van der Waals surface area (Å²) in [6.45, 7) is 0. The van der Waals surface area contributed by atoms with Crippen LogP contribution in [-0.2, 0) is 6.42 Å². The fourth-order valence-electron chi connectivity index (χ4n) is 1.52. The zero-order valence-electron chi connectivity index (χ0n) is 9.88. The van der Waals surface area contributed by atoms with Gasteiger partial charge in [0.15, 0.2) is 0 Å². The van der Waals surface area contributed by atoms with Gasteiger partial charge in [-0.3, -0.25) is 0 Å². The van der Waals surface area contributed by atoms with Crippen LogP contribution in [0.2, 0.25) is 0 Å². The molecule has 0 aromatic heterocycles. The van der Waals surface area contributed by atoms with Gasteiger partial charge in [-0.1, -0.05) is 28.9 Å². The Morgan fingerprint density at radius 3 is 2.11 bits per heavy atom. The first-order valence-electron chi connectivity index (χ1n) is 5.56. The molecule has 98 valence electrons. The summed E-state index contributed by atoms with van der Waals surface area (Å²) in [7, 11) is 0. The van der Waals surface area contributed by atoms with Crippen molar-refractivity contribution in [2.45, 2.75) is 6.42 Å². The molecule has 2 rings (SSSR count). The Labute approximate surface area is 114 Å². The van der Waals surface area contributed by atoms with Crippen LogP contribution in [0, 0.1) is 5.82 Å². The Kier molecular flexibility index (Phi) is 4.36. The summed E-state index contributed by atoms with van der Waals surface area (Å²) < 4.78 is 18.3. The molecule has 0 saturated heterocycles. The molecular weight excluding hydrogens is 269 g/mol. The van der Waals surface area contributed by atoms with Crippen LogP contribution in [0.4, 0.5) is 4.39 Å². The zero-order valence-corrected chi connectivity index (χ0v) is 10.6. The average Bonchev–Trinajstić information content (AvgIpc) is 2.43. The van der Waals surface area contributed by atoms with Gasteiger partial charge in [-0.25, -0.2) is 4.39 Å². The second-order valence-electron chi connectivity index (χ2n) is 3.85. The average molecular weight is 280 g/mol. The second-order valence-corrected chi connectivity index (χ2v) is 4.29. The number of ether oxygens (including phenoxy) is 1. The molecule has 0 unspecified atom stereocenters. The molecule has 0 heterocycles. The highest BCUT2D eigenvalue weighted by Gasteiger charge is 2.01. The molecule has 0 aliphatic heterocycles. The highest BCUT2D eigenvalue weighted by molar-refractivity contribution is 6.65. The van der Waals surface area contributed by atoms with Crippen LogP contribution < -0.4 is 4.74 Å². The summed E-state index contributed by atoms with van der Waals surface area (Å²) in [4.78, 5) is 0. The number of hydrogen-bond donors (Lipinski definition) is 1. The van der Waals surface area contributed by atoms with Crippen LogP contribution in [0.25, 0.3) is 0 Å². The highest BCUT2D eigenvalue weighted by Crippen LogP contribution is 2.22. The fraction of sp³-hybridized carbons (Fsp3) is 0.0714. The molecule has 2 aromatic rings. The van der Waals surface area contributed by atoms with Crippen molar-refractivity contribution in [3.63, 3.8) is 0 Å². The van der Waals surface area contributed by atoms with Crippen LogP contribution in [0.3, 0.4) is 0 Å². The molecule has 1 N–H and O–H groups in total. The van der Waals surface area contributed by atoms with E-state index in [9.17, 15) is 4.39 Å². The van der Waals surface area contributed by atoms with Crippen LogP contribution in [0.1, 0.15) is 5.56 Å². The summed E-state index contributed by atoms with van der Waals surface area (Å²) in [5.41, 5.74) is 0.897. The molecule has 0 bridgehead atoms.